The van der Waals surface area contributed by atoms with E-state index in [4.69, 9.17) is 11.5 Å². The predicted octanol–water partition coefficient (Wildman–Crippen LogP) is 3.93. The predicted molar refractivity (Wildman–Crippen MR) is 116 cm³/mol. The molecule has 0 aromatic heterocycles. The van der Waals surface area contributed by atoms with Gasteiger partial charge in [0.05, 0.1) is 0 Å². The second kappa shape index (κ2) is 15.2. The zero-order valence-corrected chi connectivity index (χ0v) is 18.9. The lowest BCUT2D eigenvalue weighted by Gasteiger charge is -2.16. The van der Waals surface area contributed by atoms with Gasteiger partial charge in [0.1, 0.15) is 11.6 Å². The second-order valence-electron chi connectivity index (χ2n) is 8.63. The van der Waals surface area contributed by atoms with Crippen LogP contribution >= 0.6 is 0 Å². The summed E-state index contributed by atoms with van der Waals surface area (Å²) in [5.41, 5.74) is 10.5. The number of carbonyl (C=O) groups excluding carboxylic acids is 4. The topological polar surface area (TPSA) is 120 Å². The Hall–Kier alpha value is -1.72. The van der Waals surface area contributed by atoms with Crippen molar-refractivity contribution in [1.29, 1.82) is 0 Å². The van der Waals surface area contributed by atoms with Crippen LogP contribution in [0, 0.1) is 23.7 Å². The molecule has 0 bridgehead atoms. The highest BCUT2D eigenvalue weighted by Gasteiger charge is 2.21. The molecule has 4 unspecified atom stereocenters. The molecule has 6 nitrogen and oxygen atoms in total. The summed E-state index contributed by atoms with van der Waals surface area (Å²) in [7, 11) is 0. The minimum Gasteiger partial charge on any atom is -0.369 e. The molecule has 0 saturated carbocycles. The maximum absolute atomic E-state index is 12.3. The fourth-order valence-corrected chi connectivity index (χ4v) is 3.45. The number of amides is 2. The molecule has 0 aliphatic heterocycles. The van der Waals surface area contributed by atoms with Crippen LogP contribution in [-0.2, 0) is 19.2 Å². The number of hydrogen-bond donors (Lipinski definition) is 2. The van der Waals surface area contributed by atoms with Crippen LogP contribution < -0.4 is 11.5 Å². The van der Waals surface area contributed by atoms with Gasteiger partial charge in [-0.05, 0) is 38.5 Å². The highest BCUT2D eigenvalue weighted by Crippen LogP contribution is 2.20. The van der Waals surface area contributed by atoms with E-state index in [1.54, 1.807) is 13.8 Å². The Bertz CT molecular complexity index is 533. The van der Waals surface area contributed by atoms with Gasteiger partial charge in [-0.3, -0.25) is 19.2 Å². The SMILES string of the molecule is CCC(CC(C)C(N)=O)C(=O)CCCCCCCC(=O)C(C)CCC(C)C(N)=O. The van der Waals surface area contributed by atoms with Crippen molar-refractivity contribution in [3.8, 4) is 0 Å². The fraction of sp³-hybridized carbons (Fsp3) is 0.826. The van der Waals surface area contributed by atoms with Gasteiger partial charge < -0.3 is 11.5 Å². The third-order valence-electron chi connectivity index (χ3n) is 5.99. The molecule has 0 aromatic carbocycles. The van der Waals surface area contributed by atoms with Crippen molar-refractivity contribution < 1.29 is 19.2 Å². The first-order chi connectivity index (χ1) is 13.6. The molecule has 6 heteroatoms. The zero-order valence-electron chi connectivity index (χ0n) is 18.9. The molecule has 0 radical (unpaired) electrons. The van der Waals surface area contributed by atoms with Crippen molar-refractivity contribution in [2.24, 2.45) is 35.1 Å². The van der Waals surface area contributed by atoms with Crippen LogP contribution in [0.15, 0.2) is 0 Å². The van der Waals surface area contributed by atoms with Crippen molar-refractivity contribution in [3.05, 3.63) is 0 Å². The summed E-state index contributed by atoms with van der Waals surface area (Å²) in [6, 6.07) is 0. The highest BCUT2D eigenvalue weighted by atomic mass is 16.2. The first-order valence-corrected chi connectivity index (χ1v) is 11.2. The largest absolute Gasteiger partial charge is 0.369 e. The number of rotatable bonds is 18. The van der Waals surface area contributed by atoms with Crippen LogP contribution in [0.1, 0.15) is 98.3 Å². The summed E-state index contributed by atoms with van der Waals surface area (Å²) in [6.07, 6.45) is 8.50. The second-order valence-corrected chi connectivity index (χ2v) is 8.63. The fourth-order valence-electron chi connectivity index (χ4n) is 3.45. The van der Waals surface area contributed by atoms with E-state index in [-0.39, 0.29) is 47.1 Å². The molecular formula is C23H42N2O4. The van der Waals surface area contributed by atoms with Crippen LogP contribution in [0.4, 0.5) is 0 Å². The standard InChI is InChI=1S/C23H42N2O4/c1-5-19(15-18(4)23(25)29)21(27)12-10-8-6-7-9-11-20(26)16(2)13-14-17(3)22(24)28/h16-19H,5-15H2,1-4H3,(H2,24,28)(H2,25,29). The Balaban J connectivity index is 3.88. The van der Waals surface area contributed by atoms with Gasteiger partial charge in [0, 0.05) is 36.5 Å². The molecule has 0 spiro atoms. The van der Waals surface area contributed by atoms with Crippen molar-refractivity contribution in [2.75, 3.05) is 0 Å². The Labute approximate surface area is 176 Å². The van der Waals surface area contributed by atoms with Crippen molar-refractivity contribution in [3.63, 3.8) is 0 Å². The van der Waals surface area contributed by atoms with E-state index in [0.29, 0.717) is 32.1 Å². The van der Waals surface area contributed by atoms with E-state index in [9.17, 15) is 19.2 Å². The van der Waals surface area contributed by atoms with Gasteiger partial charge >= 0.3 is 0 Å². The molecule has 0 saturated heterocycles. The molecule has 0 rings (SSSR count). The van der Waals surface area contributed by atoms with Gasteiger partial charge in [-0.15, -0.1) is 0 Å². The minimum atomic E-state index is -0.345. The van der Waals surface area contributed by atoms with Crippen molar-refractivity contribution in [2.45, 2.75) is 98.3 Å². The molecule has 0 aliphatic carbocycles. The van der Waals surface area contributed by atoms with Crippen LogP contribution in [0.25, 0.3) is 0 Å². The van der Waals surface area contributed by atoms with E-state index in [2.05, 4.69) is 0 Å². The summed E-state index contributed by atoms with van der Waals surface area (Å²) < 4.78 is 0. The number of nitrogens with two attached hydrogens (primary N) is 2. The van der Waals surface area contributed by atoms with Gasteiger partial charge in [-0.1, -0.05) is 47.0 Å². The monoisotopic (exact) mass is 410 g/mol. The molecule has 0 heterocycles. The van der Waals surface area contributed by atoms with Gasteiger partial charge in [-0.25, -0.2) is 0 Å². The third kappa shape index (κ3) is 12.4. The average molecular weight is 411 g/mol. The lowest BCUT2D eigenvalue weighted by Crippen LogP contribution is -2.25. The Kier molecular flexibility index (Phi) is 14.3. The van der Waals surface area contributed by atoms with E-state index in [1.165, 1.54) is 0 Å². The van der Waals surface area contributed by atoms with E-state index < -0.39 is 0 Å². The minimum absolute atomic E-state index is 0.0248. The maximum Gasteiger partial charge on any atom is 0.220 e. The quantitative estimate of drug-likeness (QED) is 0.332. The molecule has 4 N–H and O–H groups in total. The molecule has 0 fully saturated rings. The molecule has 168 valence electrons. The van der Waals surface area contributed by atoms with Crippen molar-refractivity contribution >= 4 is 23.4 Å². The van der Waals surface area contributed by atoms with Crippen LogP contribution in [-0.4, -0.2) is 23.4 Å². The van der Waals surface area contributed by atoms with Crippen molar-refractivity contribution in [1.82, 2.24) is 0 Å². The summed E-state index contributed by atoms with van der Waals surface area (Å²) in [6.45, 7) is 7.47. The molecule has 4 atom stereocenters. The Morgan fingerprint density at radius 2 is 1.10 bits per heavy atom. The summed E-state index contributed by atoms with van der Waals surface area (Å²) >= 11 is 0. The Morgan fingerprint density at radius 3 is 1.59 bits per heavy atom. The van der Waals surface area contributed by atoms with Crippen LogP contribution in [0.5, 0.6) is 0 Å². The van der Waals surface area contributed by atoms with E-state index in [1.807, 2.05) is 13.8 Å². The molecule has 2 amide bonds. The third-order valence-corrected chi connectivity index (χ3v) is 5.99. The van der Waals surface area contributed by atoms with Gasteiger partial charge in [0.2, 0.25) is 11.8 Å². The first-order valence-electron chi connectivity index (χ1n) is 11.2. The zero-order chi connectivity index (χ0) is 22.4. The lowest BCUT2D eigenvalue weighted by molar-refractivity contribution is -0.125. The number of carbonyl (C=O) groups is 4. The molecule has 29 heavy (non-hydrogen) atoms. The summed E-state index contributed by atoms with van der Waals surface area (Å²) in [5.74, 6) is -0.710. The number of unbranched alkanes of at least 4 members (excludes halogenated alkanes) is 4. The van der Waals surface area contributed by atoms with Gasteiger partial charge in [0.25, 0.3) is 0 Å². The molecule has 0 aliphatic rings. The number of hydrogen-bond acceptors (Lipinski definition) is 4. The van der Waals surface area contributed by atoms with Gasteiger partial charge in [0.15, 0.2) is 0 Å². The average Bonchev–Trinajstić information content (AvgIpc) is 2.67. The molecule has 0 aromatic rings. The van der Waals surface area contributed by atoms with Crippen LogP contribution in [0.3, 0.4) is 0 Å². The van der Waals surface area contributed by atoms with E-state index >= 15 is 0 Å². The first kappa shape index (κ1) is 27.3. The summed E-state index contributed by atoms with van der Waals surface area (Å²) in [5, 5.41) is 0. The highest BCUT2D eigenvalue weighted by molar-refractivity contribution is 5.82. The van der Waals surface area contributed by atoms with E-state index in [0.717, 1.165) is 38.5 Å². The number of Topliss-reactive ketones (excluding diaryl/α,β-unsaturated/α-hetero) is 2. The summed E-state index contributed by atoms with van der Waals surface area (Å²) in [4.78, 5) is 46.7. The van der Waals surface area contributed by atoms with Crippen LogP contribution in [0.2, 0.25) is 0 Å². The van der Waals surface area contributed by atoms with Gasteiger partial charge in [-0.2, -0.15) is 0 Å². The maximum atomic E-state index is 12.3. The lowest BCUT2D eigenvalue weighted by atomic mass is 9.87. The number of ketones is 2. The number of primary amides is 2. The smallest absolute Gasteiger partial charge is 0.220 e. The Morgan fingerprint density at radius 1 is 0.655 bits per heavy atom. The normalized spacial score (nSPS) is 15.3. The molecular weight excluding hydrogens is 368 g/mol.